The Kier molecular flexibility index (Phi) is 4.43. The van der Waals surface area contributed by atoms with Crippen molar-refractivity contribution in [2.24, 2.45) is 17.6 Å². The number of nitrogens with two attached hydrogens (primary N) is 2. The first-order chi connectivity index (χ1) is 13.4. The second-order valence-corrected chi connectivity index (χ2v) is 7.53. The summed E-state index contributed by atoms with van der Waals surface area (Å²) in [5.74, 6) is -2.96. The van der Waals surface area contributed by atoms with E-state index in [-0.39, 0.29) is 37.3 Å². The molecule has 9 heteroatoms. The molecule has 5 N–H and O–H groups in total. The Morgan fingerprint density at radius 3 is 2.75 bits per heavy atom. The summed E-state index contributed by atoms with van der Waals surface area (Å²) in [6.45, 7) is 0.366. The van der Waals surface area contributed by atoms with Gasteiger partial charge in [-0.2, -0.15) is 0 Å². The lowest BCUT2D eigenvalue weighted by Gasteiger charge is -2.26. The van der Waals surface area contributed by atoms with Crippen LogP contribution in [0.5, 0.6) is 0 Å². The number of methoxy groups -OCH3 is 1. The number of carbonyl (C=O) groups excluding carboxylic acids is 4. The van der Waals surface area contributed by atoms with Gasteiger partial charge >= 0.3 is 0 Å². The molecule has 0 aromatic heterocycles. The maximum absolute atomic E-state index is 13.3. The number of likely N-dealkylation sites (tertiary alicyclic amines) is 1. The molecule has 4 rings (SSSR count). The molecule has 3 aliphatic heterocycles. The number of amides is 4. The fraction of sp³-hybridized carbons (Fsp3) is 0.474. The average molecular weight is 387 g/mol. The zero-order valence-electron chi connectivity index (χ0n) is 15.5. The highest BCUT2D eigenvalue weighted by atomic mass is 16.5. The van der Waals surface area contributed by atoms with Gasteiger partial charge in [0.15, 0.2) is 0 Å². The predicted molar refractivity (Wildman–Crippen MR) is 96.5 cm³/mol. The van der Waals surface area contributed by atoms with Gasteiger partial charge in [-0.3, -0.25) is 24.1 Å². The van der Waals surface area contributed by atoms with E-state index in [1.54, 1.807) is 11.4 Å². The van der Waals surface area contributed by atoms with Crippen LogP contribution in [0, 0.1) is 11.8 Å². The number of hydrogen-bond donors (Lipinski definition) is 3. The molecule has 28 heavy (non-hydrogen) atoms. The summed E-state index contributed by atoms with van der Waals surface area (Å²) in [4.78, 5) is 52.0. The maximum Gasteiger partial charge on any atom is 0.291 e. The molecule has 1 spiro atoms. The Morgan fingerprint density at radius 1 is 1.29 bits per heavy atom. The molecule has 3 aliphatic rings. The zero-order valence-corrected chi connectivity index (χ0v) is 15.5. The molecule has 1 aromatic rings. The van der Waals surface area contributed by atoms with Crippen molar-refractivity contribution in [3.8, 4) is 0 Å². The van der Waals surface area contributed by atoms with Gasteiger partial charge in [0.05, 0.1) is 18.8 Å². The van der Waals surface area contributed by atoms with Crippen molar-refractivity contribution in [2.45, 2.75) is 24.4 Å². The van der Waals surface area contributed by atoms with Crippen LogP contribution in [0.2, 0.25) is 0 Å². The number of benzene rings is 1. The number of nitrogens with zero attached hydrogens (tertiary/aromatic N) is 1. The largest absolute Gasteiger partial charge is 0.383 e. The number of quaternary nitrogens is 1. The lowest BCUT2D eigenvalue weighted by molar-refractivity contribution is -0.734. The summed E-state index contributed by atoms with van der Waals surface area (Å²) >= 11 is 0. The molecule has 4 amide bonds. The van der Waals surface area contributed by atoms with E-state index in [4.69, 9.17) is 10.5 Å². The van der Waals surface area contributed by atoms with Crippen molar-refractivity contribution in [2.75, 3.05) is 25.6 Å². The summed E-state index contributed by atoms with van der Waals surface area (Å²) in [5.41, 5.74) is 5.44. The van der Waals surface area contributed by atoms with E-state index in [9.17, 15) is 19.2 Å². The lowest BCUT2D eigenvalue weighted by Crippen LogP contribution is -2.99. The van der Waals surface area contributed by atoms with Crippen LogP contribution in [0.1, 0.15) is 18.4 Å². The van der Waals surface area contributed by atoms with Crippen LogP contribution in [-0.4, -0.2) is 54.8 Å². The number of primary amides is 1. The Bertz CT molecular complexity index is 872. The smallest absolute Gasteiger partial charge is 0.291 e. The predicted octanol–water partition coefficient (Wildman–Crippen LogP) is -1.71. The normalized spacial score (nSPS) is 30.7. The minimum Gasteiger partial charge on any atom is -0.383 e. The van der Waals surface area contributed by atoms with Crippen molar-refractivity contribution in [3.05, 3.63) is 29.8 Å². The Hall–Kier alpha value is -2.78. The summed E-state index contributed by atoms with van der Waals surface area (Å²) in [6.07, 6.45) is 0.411. The molecule has 148 valence electrons. The highest BCUT2D eigenvalue weighted by molar-refractivity contribution is 6.13. The standard InChI is InChI=1S/C19H22N4O5/c1-28-9-8-23-16(25)14-12(6-7-13(20)24)22-19(15(14)17(23)26)10-4-2-3-5-11(10)21-18(19)27/h2-5,12,14-15,22H,6-9H2,1H3,(H2,20,24)(H,21,27)/p+1/t12-,14-,15+,19+/m1/s1. The van der Waals surface area contributed by atoms with Crippen LogP contribution in [-0.2, 0) is 29.5 Å². The second kappa shape index (κ2) is 6.68. The minimum absolute atomic E-state index is 0.0866. The molecule has 1 aromatic carbocycles. The van der Waals surface area contributed by atoms with Gasteiger partial charge in [0.2, 0.25) is 23.3 Å². The van der Waals surface area contributed by atoms with E-state index in [0.717, 1.165) is 0 Å². The Labute approximate surface area is 161 Å². The van der Waals surface area contributed by atoms with E-state index < -0.39 is 29.3 Å². The summed E-state index contributed by atoms with van der Waals surface area (Å²) in [5, 5.41) is 4.65. The van der Waals surface area contributed by atoms with E-state index >= 15 is 0 Å². The van der Waals surface area contributed by atoms with Gasteiger partial charge in [-0.25, -0.2) is 0 Å². The number of rotatable bonds is 6. The molecule has 4 atom stereocenters. The summed E-state index contributed by atoms with van der Waals surface area (Å²) in [6, 6.07) is 6.82. The van der Waals surface area contributed by atoms with E-state index in [1.807, 2.05) is 18.2 Å². The molecule has 3 heterocycles. The fourth-order valence-electron chi connectivity index (χ4n) is 4.96. The van der Waals surface area contributed by atoms with Crippen LogP contribution < -0.4 is 16.4 Å². The van der Waals surface area contributed by atoms with Crippen LogP contribution in [0.15, 0.2) is 24.3 Å². The van der Waals surface area contributed by atoms with E-state index in [2.05, 4.69) is 5.32 Å². The first kappa shape index (κ1) is 18.6. The topological polar surface area (TPSA) is 135 Å². The molecule has 0 unspecified atom stereocenters. The second-order valence-electron chi connectivity index (χ2n) is 7.53. The van der Waals surface area contributed by atoms with Gasteiger partial charge in [-0.15, -0.1) is 0 Å². The molecule has 0 saturated carbocycles. The number of nitrogens with one attached hydrogen (secondary N) is 1. The number of hydrogen-bond acceptors (Lipinski definition) is 5. The third kappa shape index (κ3) is 2.46. The van der Waals surface area contributed by atoms with Crippen LogP contribution in [0.3, 0.4) is 0 Å². The third-order valence-electron chi connectivity index (χ3n) is 6.11. The van der Waals surface area contributed by atoms with Crippen LogP contribution in [0.4, 0.5) is 5.69 Å². The number of fused-ring (bicyclic) bond motifs is 4. The fourth-order valence-corrected chi connectivity index (χ4v) is 4.96. The summed E-state index contributed by atoms with van der Waals surface area (Å²) < 4.78 is 5.03. The van der Waals surface area contributed by atoms with Gasteiger partial charge in [0, 0.05) is 25.5 Å². The van der Waals surface area contributed by atoms with Crippen molar-refractivity contribution >= 4 is 29.3 Å². The lowest BCUT2D eigenvalue weighted by atomic mass is 9.76. The molecule has 2 fully saturated rings. The maximum atomic E-state index is 13.3. The molecular weight excluding hydrogens is 364 g/mol. The summed E-state index contributed by atoms with van der Waals surface area (Å²) in [7, 11) is 1.50. The number of anilines is 1. The van der Waals surface area contributed by atoms with Gasteiger partial charge in [-0.1, -0.05) is 18.2 Å². The number of ether oxygens (including phenoxy) is 1. The number of carbonyl (C=O) groups is 4. The zero-order chi connectivity index (χ0) is 20.1. The van der Waals surface area contributed by atoms with Crippen molar-refractivity contribution in [1.29, 1.82) is 0 Å². The highest BCUT2D eigenvalue weighted by Crippen LogP contribution is 2.49. The molecule has 0 radical (unpaired) electrons. The van der Waals surface area contributed by atoms with Gasteiger partial charge in [0.25, 0.3) is 5.91 Å². The van der Waals surface area contributed by atoms with E-state index in [1.165, 1.54) is 12.0 Å². The first-order valence-electron chi connectivity index (χ1n) is 9.31. The molecular formula is C19H23N4O5+. The minimum atomic E-state index is -1.21. The van der Waals surface area contributed by atoms with Gasteiger partial charge < -0.3 is 21.1 Å². The Balaban J connectivity index is 1.79. The molecule has 0 aliphatic carbocycles. The van der Waals surface area contributed by atoms with Crippen LogP contribution in [0.25, 0.3) is 0 Å². The van der Waals surface area contributed by atoms with Gasteiger partial charge in [0.1, 0.15) is 17.9 Å². The van der Waals surface area contributed by atoms with E-state index in [0.29, 0.717) is 17.7 Å². The van der Waals surface area contributed by atoms with Crippen molar-refractivity contribution in [1.82, 2.24) is 4.90 Å². The SMILES string of the molecule is COCCN1C(=O)[C@H]2[C@@H](C1=O)[C@]1([NH2+][C@@H]2CCC(N)=O)C(=O)Nc2ccccc21. The molecule has 9 nitrogen and oxygen atoms in total. The monoisotopic (exact) mass is 387 g/mol. The van der Waals surface area contributed by atoms with Crippen LogP contribution >= 0.6 is 0 Å². The quantitative estimate of drug-likeness (QED) is 0.500. The first-order valence-corrected chi connectivity index (χ1v) is 9.31. The molecule has 0 bridgehead atoms. The third-order valence-corrected chi connectivity index (χ3v) is 6.11. The number of imide groups is 1. The highest BCUT2D eigenvalue weighted by Gasteiger charge is 2.73. The molecule has 2 saturated heterocycles. The Morgan fingerprint density at radius 2 is 2.04 bits per heavy atom. The van der Waals surface area contributed by atoms with Gasteiger partial charge in [-0.05, 0) is 6.07 Å². The average Bonchev–Trinajstić information content (AvgIpc) is 3.24. The number of para-hydroxylation sites is 1. The van der Waals surface area contributed by atoms with Crippen molar-refractivity contribution in [3.63, 3.8) is 0 Å². The van der Waals surface area contributed by atoms with Crippen molar-refractivity contribution < 1.29 is 29.2 Å².